The maximum absolute atomic E-state index is 13.4. The summed E-state index contributed by atoms with van der Waals surface area (Å²) in [6, 6.07) is 11.6. The first-order valence-electron chi connectivity index (χ1n) is 9.31. The first kappa shape index (κ1) is 21.3. The van der Waals surface area contributed by atoms with E-state index in [1.54, 1.807) is 19.5 Å². The van der Waals surface area contributed by atoms with Gasteiger partial charge in [-0.2, -0.15) is 9.78 Å². The number of hydrogen-bond donors (Lipinski definition) is 0. The van der Waals surface area contributed by atoms with Crippen molar-refractivity contribution >= 4 is 56.0 Å². The number of halogens is 2. The Morgan fingerprint density at radius 2 is 1.83 bits per heavy atom. The molecule has 0 saturated carbocycles. The number of ether oxygens (including phenoxy) is 1. The van der Waals surface area contributed by atoms with E-state index in [0.29, 0.717) is 11.2 Å². The molecule has 3 heterocycles. The lowest BCUT2D eigenvalue weighted by atomic mass is 10.2. The molecule has 0 saturated heterocycles. The predicted molar refractivity (Wildman–Crippen MR) is 136 cm³/mol. The van der Waals surface area contributed by atoms with Gasteiger partial charge in [-0.1, -0.05) is 57.3 Å². The van der Waals surface area contributed by atoms with Crippen LogP contribution in [0.25, 0.3) is 22.3 Å². The normalized spacial score (nSPS) is 11.8. The summed E-state index contributed by atoms with van der Waals surface area (Å²) < 4.78 is 8.73. The maximum Gasteiger partial charge on any atom is 0.282 e. The van der Waals surface area contributed by atoms with Gasteiger partial charge in [0, 0.05) is 34.7 Å². The van der Waals surface area contributed by atoms with Gasteiger partial charge in [-0.05, 0) is 44.5 Å². The van der Waals surface area contributed by atoms with E-state index in [-0.39, 0.29) is 6.99 Å². The fourth-order valence-corrected chi connectivity index (χ4v) is 4.27. The van der Waals surface area contributed by atoms with Crippen molar-refractivity contribution in [1.29, 1.82) is 0 Å². The van der Waals surface area contributed by atoms with Crippen molar-refractivity contribution in [3.8, 4) is 17.3 Å². The Labute approximate surface area is 201 Å². The highest BCUT2D eigenvalue weighted by Gasteiger charge is 2.20. The van der Waals surface area contributed by atoms with Crippen molar-refractivity contribution in [2.24, 2.45) is 0 Å². The van der Waals surface area contributed by atoms with Crippen LogP contribution >= 0.6 is 45.2 Å². The fourth-order valence-electron chi connectivity index (χ4n) is 3.63. The van der Waals surface area contributed by atoms with Gasteiger partial charge in [0.2, 0.25) is 0 Å². The van der Waals surface area contributed by atoms with Crippen LogP contribution in [0.4, 0.5) is 0 Å². The number of fused-ring (bicyclic) bond motifs is 1. The highest BCUT2D eigenvalue weighted by molar-refractivity contribution is 14.2. The Kier molecular flexibility index (Phi) is 5.64. The number of hydrogen-bond acceptors (Lipinski definition) is 4. The van der Waals surface area contributed by atoms with Crippen molar-refractivity contribution in [2.45, 2.75) is 22.2 Å². The molecule has 0 aliphatic rings. The van der Waals surface area contributed by atoms with E-state index in [4.69, 9.17) is 4.74 Å². The van der Waals surface area contributed by atoms with Gasteiger partial charge in [-0.3, -0.25) is 4.79 Å². The molecule has 1 aromatic carbocycles. The average Bonchev–Trinajstić information content (AvgIpc) is 2.98. The summed E-state index contributed by atoms with van der Waals surface area (Å²) in [5, 5.41) is 5.89. The van der Waals surface area contributed by atoms with Crippen LogP contribution in [0.5, 0.6) is 5.75 Å². The second-order valence-corrected chi connectivity index (χ2v) is 13.5. The molecule has 30 heavy (non-hydrogen) atoms. The Morgan fingerprint density at radius 3 is 2.47 bits per heavy atom. The van der Waals surface area contributed by atoms with Crippen LogP contribution in [0, 0.1) is 13.8 Å². The summed E-state index contributed by atoms with van der Waals surface area (Å²) >= 11 is 4.72. The number of methoxy groups -OCH3 is 1. The molecule has 8 heteroatoms. The SMILES string of the molecule is COc1cccc(-n2c(C)c3cnn(-c4ccc(C(C)(I)I)cn4)c(=O)c3c2C)c1. The lowest BCUT2D eigenvalue weighted by molar-refractivity contribution is 0.414. The smallest absolute Gasteiger partial charge is 0.282 e. The Bertz CT molecular complexity index is 1300. The lowest BCUT2D eigenvalue weighted by Crippen LogP contribution is -2.22. The minimum absolute atomic E-state index is 0.0644. The summed E-state index contributed by atoms with van der Waals surface area (Å²) in [4.78, 5) is 17.9. The van der Waals surface area contributed by atoms with Crippen LogP contribution < -0.4 is 10.3 Å². The molecule has 0 amide bonds. The molecule has 0 radical (unpaired) electrons. The first-order chi connectivity index (χ1) is 14.2. The zero-order chi connectivity index (χ0) is 21.6. The first-order valence-corrected chi connectivity index (χ1v) is 11.5. The molecule has 3 aromatic heterocycles. The number of aryl methyl sites for hydroxylation is 2. The van der Waals surface area contributed by atoms with Gasteiger partial charge >= 0.3 is 0 Å². The van der Waals surface area contributed by atoms with Gasteiger partial charge in [-0.25, -0.2) is 4.98 Å². The Morgan fingerprint density at radius 1 is 1.07 bits per heavy atom. The minimum atomic E-state index is -0.179. The van der Waals surface area contributed by atoms with E-state index in [1.807, 2.05) is 50.2 Å². The van der Waals surface area contributed by atoms with Crippen molar-refractivity contribution < 1.29 is 4.74 Å². The van der Waals surface area contributed by atoms with E-state index in [9.17, 15) is 4.79 Å². The van der Waals surface area contributed by atoms with Gasteiger partial charge in [0.15, 0.2) is 5.82 Å². The molecule has 0 fully saturated rings. The van der Waals surface area contributed by atoms with Crippen molar-refractivity contribution in [1.82, 2.24) is 19.3 Å². The van der Waals surface area contributed by atoms with Crippen LogP contribution in [-0.2, 0) is 1.43 Å². The summed E-state index contributed by atoms with van der Waals surface area (Å²) in [6.45, 7) is 6.05. The van der Waals surface area contributed by atoms with E-state index in [1.165, 1.54) is 4.68 Å². The van der Waals surface area contributed by atoms with Gasteiger partial charge in [0.05, 0.1) is 20.1 Å². The summed E-state index contributed by atoms with van der Waals surface area (Å²) in [5.74, 6) is 1.27. The Balaban J connectivity index is 1.89. The second kappa shape index (κ2) is 7.95. The number of nitrogens with zero attached hydrogens (tertiary/aromatic N) is 4. The van der Waals surface area contributed by atoms with Crippen molar-refractivity contribution in [3.05, 3.63) is 76.1 Å². The number of rotatable bonds is 4. The quantitative estimate of drug-likeness (QED) is 0.230. The van der Waals surface area contributed by atoms with Crippen molar-refractivity contribution in [3.63, 3.8) is 0 Å². The topological polar surface area (TPSA) is 61.9 Å². The molecule has 0 aliphatic carbocycles. The molecule has 6 nitrogen and oxygen atoms in total. The molecular formula is C22H20I2N4O2. The van der Waals surface area contributed by atoms with E-state index >= 15 is 0 Å². The van der Waals surface area contributed by atoms with Gasteiger partial charge in [0.1, 0.15) is 5.75 Å². The Hall–Kier alpha value is -1.95. The molecule has 154 valence electrons. The second-order valence-electron chi connectivity index (χ2n) is 7.15. The molecule has 0 aliphatic heterocycles. The van der Waals surface area contributed by atoms with Gasteiger partial charge in [-0.15, -0.1) is 0 Å². The fraction of sp³-hybridized carbons (Fsp3) is 0.227. The monoisotopic (exact) mass is 626 g/mol. The third-order valence-electron chi connectivity index (χ3n) is 5.18. The van der Waals surface area contributed by atoms with Crippen LogP contribution in [-0.4, -0.2) is 26.4 Å². The third kappa shape index (κ3) is 3.64. The summed E-state index contributed by atoms with van der Waals surface area (Å²) in [6.07, 6.45) is 3.54. The number of pyridine rings is 1. The van der Waals surface area contributed by atoms with Crippen LogP contribution in [0.3, 0.4) is 0 Å². The van der Waals surface area contributed by atoms with E-state index in [2.05, 4.69) is 66.8 Å². The maximum atomic E-state index is 13.4. The van der Waals surface area contributed by atoms with Gasteiger partial charge < -0.3 is 9.30 Å². The lowest BCUT2D eigenvalue weighted by Gasteiger charge is -2.14. The largest absolute Gasteiger partial charge is 0.497 e. The van der Waals surface area contributed by atoms with Crippen molar-refractivity contribution in [2.75, 3.05) is 7.11 Å². The highest BCUT2D eigenvalue weighted by Crippen LogP contribution is 2.38. The van der Waals surface area contributed by atoms with Crippen LogP contribution in [0.2, 0.25) is 0 Å². The summed E-state index contributed by atoms with van der Waals surface area (Å²) in [7, 11) is 1.64. The van der Waals surface area contributed by atoms with Gasteiger partial charge in [0.25, 0.3) is 5.56 Å². The number of alkyl halides is 2. The molecule has 0 bridgehead atoms. The zero-order valence-electron chi connectivity index (χ0n) is 17.0. The zero-order valence-corrected chi connectivity index (χ0v) is 21.3. The van der Waals surface area contributed by atoms with Crippen LogP contribution in [0.1, 0.15) is 23.9 Å². The predicted octanol–water partition coefficient (Wildman–Crippen LogP) is 5.24. The molecule has 0 atom stereocenters. The van der Waals surface area contributed by atoms with Crippen LogP contribution in [0.15, 0.2) is 53.6 Å². The average molecular weight is 626 g/mol. The molecule has 0 N–H and O–H groups in total. The number of benzene rings is 1. The van der Waals surface area contributed by atoms with E-state index < -0.39 is 0 Å². The molecule has 4 rings (SSSR count). The summed E-state index contributed by atoms with van der Waals surface area (Å²) in [5.41, 5.74) is 3.67. The standard InChI is InChI=1S/C22H20I2N4O2/c1-13-18-12-26-28(19-9-8-15(11-25-19)22(3,23)24)21(29)20(18)14(2)27(13)16-6-5-7-17(10-16)30-4/h5-12H,1-4H3. The highest BCUT2D eigenvalue weighted by atomic mass is 127. The molecular weight excluding hydrogens is 606 g/mol. The molecule has 4 aromatic rings. The molecule has 0 spiro atoms. The minimum Gasteiger partial charge on any atom is -0.497 e. The third-order valence-corrected chi connectivity index (χ3v) is 6.43. The molecule has 0 unspecified atom stereocenters. The van der Waals surface area contributed by atoms with E-state index in [0.717, 1.165) is 33.8 Å². The number of aromatic nitrogens is 4.